The van der Waals surface area contributed by atoms with E-state index in [1.54, 1.807) is 11.8 Å². The lowest BCUT2D eigenvalue weighted by Gasteiger charge is -2.27. The first-order chi connectivity index (χ1) is 6.93. The Labute approximate surface area is 90.3 Å². The van der Waals surface area contributed by atoms with Crippen LogP contribution in [-0.2, 0) is 9.59 Å². The number of hydrogen-bond acceptors (Lipinski definition) is 2. The number of aliphatic carboxylic acids is 1. The molecular weight excluding hydrogens is 194 g/mol. The van der Waals surface area contributed by atoms with Crippen molar-refractivity contribution >= 4 is 11.9 Å². The van der Waals surface area contributed by atoms with Gasteiger partial charge >= 0.3 is 5.97 Å². The van der Waals surface area contributed by atoms with Crippen molar-refractivity contribution < 1.29 is 14.7 Å². The van der Waals surface area contributed by atoms with Gasteiger partial charge in [0.25, 0.3) is 0 Å². The molecule has 4 heteroatoms. The molecule has 0 heterocycles. The van der Waals surface area contributed by atoms with Crippen molar-refractivity contribution in [2.75, 3.05) is 0 Å². The van der Waals surface area contributed by atoms with E-state index < -0.39 is 12.0 Å². The number of carboxylic acid groups (broad SMARTS) is 1. The van der Waals surface area contributed by atoms with E-state index in [9.17, 15) is 9.59 Å². The summed E-state index contributed by atoms with van der Waals surface area (Å²) in [7, 11) is 0. The van der Waals surface area contributed by atoms with Crippen LogP contribution in [0.3, 0.4) is 0 Å². The molecule has 1 N–H and O–H groups in total. The van der Waals surface area contributed by atoms with Gasteiger partial charge in [0.2, 0.25) is 5.91 Å². The molecule has 1 atom stereocenters. The van der Waals surface area contributed by atoms with Crippen LogP contribution in [0.4, 0.5) is 0 Å². The summed E-state index contributed by atoms with van der Waals surface area (Å²) in [6.07, 6.45) is 2.33. The first kappa shape index (κ1) is 12.0. The van der Waals surface area contributed by atoms with Gasteiger partial charge in [-0.05, 0) is 25.7 Å². The largest absolute Gasteiger partial charge is 0.480 e. The van der Waals surface area contributed by atoms with Crippen LogP contribution in [0, 0.1) is 5.92 Å². The van der Waals surface area contributed by atoms with Crippen molar-refractivity contribution in [2.45, 2.75) is 52.1 Å². The van der Waals surface area contributed by atoms with E-state index in [1.165, 1.54) is 0 Å². The Morgan fingerprint density at radius 1 is 1.33 bits per heavy atom. The van der Waals surface area contributed by atoms with Crippen LogP contribution >= 0.6 is 0 Å². The molecule has 86 valence electrons. The molecule has 0 saturated heterocycles. The van der Waals surface area contributed by atoms with Crippen molar-refractivity contribution in [3.8, 4) is 0 Å². The number of hydrogen-bond donors (Lipinski definition) is 1. The average molecular weight is 213 g/mol. The van der Waals surface area contributed by atoms with E-state index in [2.05, 4.69) is 0 Å². The molecule has 15 heavy (non-hydrogen) atoms. The van der Waals surface area contributed by atoms with Gasteiger partial charge in [-0.2, -0.15) is 0 Å². The average Bonchev–Trinajstić information content (AvgIpc) is 2.86. The van der Waals surface area contributed by atoms with E-state index in [4.69, 9.17) is 5.11 Å². The lowest BCUT2D eigenvalue weighted by atomic mass is 10.1. The standard InChI is InChI=1S/C11H19NO3/c1-7(2)6-10(13)12(9-4-5-9)8(3)11(14)15/h7-9H,4-6H2,1-3H3,(H,14,15). The van der Waals surface area contributed by atoms with Crippen molar-refractivity contribution in [1.82, 2.24) is 4.90 Å². The second kappa shape index (κ2) is 4.64. The molecule has 1 rings (SSSR count). The Balaban J connectivity index is 2.65. The molecule has 0 aromatic rings. The Bertz CT molecular complexity index is 259. The fourth-order valence-electron chi connectivity index (χ4n) is 1.66. The molecule has 0 aromatic carbocycles. The normalized spacial score (nSPS) is 17.6. The first-order valence-corrected chi connectivity index (χ1v) is 5.47. The van der Waals surface area contributed by atoms with Crippen LogP contribution < -0.4 is 0 Å². The monoisotopic (exact) mass is 213 g/mol. The van der Waals surface area contributed by atoms with Crippen LogP contribution in [0.2, 0.25) is 0 Å². The molecule has 0 aliphatic heterocycles. The van der Waals surface area contributed by atoms with Gasteiger partial charge in [0, 0.05) is 12.5 Å². The summed E-state index contributed by atoms with van der Waals surface area (Å²) >= 11 is 0. The SMILES string of the molecule is CC(C)CC(=O)N(C1CC1)C(C)C(=O)O. The van der Waals surface area contributed by atoms with E-state index in [1.807, 2.05) is 13.8 Å². The van der Waals surface area contributed by atoms with Crippen LogP contribution in [-0.4, -0.2) is 34.0 Å². The minimum absolute atomic E-state index is 0.0256. The van der Waals surface area contributed by atoms with Crippen LogP contribution in [0.5, 0.6) is 0 Å². The molecule has 0 radical (unpaired) electrons. The number of rotatable bonds is 5. The molecule has 4 nitrogen and oxygen atoms in total. The second-order valence-electron chi connectivity index (χ2n) is 4.64. The molecule has 1 saturated carbocycles. The zero-order valence-electron chi connectivity index (χ0n) is 9.56. The maximum Gasteiger partial charge on any atom is 0.326 e. The predicted molar refractivity (Wildman–Crippen MR) is 56.4 cm³/mol. The third-order valence-electron chi connectivity index (χ3n) is 2.59. The summed E-state index contributed by atoms with van der Waals surface area (Å²) in [5.74, 6) is -0.666. The number of carboxylic acids is 1. The fourth-order valence-corrected chi connectivity index (χ4v) is 1.66. The maximum absolute atomic E-state index is 11.8. The fraction of sp³-hybridized carbons (Fsp3) is 0.818. The summed E-state index contributed by atoms with van der Waals surface area (Å²) in [4.78, 5) is 24.3. The Hall–Kier alpha value is -1.06. The summed E-state index contributed by atoms with van der Waals surface area (Å²) in [6.45, 7) is 5.52. The van der Waals surface area contributed by atoms with E-state index in [0.717, 1.165) is 12.8 Å². The van der Waals surface area contributed by atoms with Gasteiger partial charge in [-0.3, -0.25) is 4.79 Å². The number of amides is 1. The zero-order valence-corrected chi connectivity index (χ0v) is 9.56. The third kappa shape index (κ3) is 3.22. The number of nitrogens with zero attached hydrogens (tertiary/aromatic N) is 1. The highest BCUT2D eigenvalue weighted by Crippen LogP contribution is 2.29. The second-order valence-corrected chi connectivity index (χ2v) is 4.64. The summed E-state index contributed by atoms with van der Waals surface area (Å²) < 4.78 is 0. The van der Waals surface area contributed by atoms with Crippen LogP contribution in [0.25, 0.3) is 0 Å². The van der Waals surface area contributed by atoms with E-state index >= 15 is 0 Å². The minimum atomic E-state index is -0.918. The number of carbonyl (C=O) groups is 2. The van der Waals surface area contributed by atoms with Gasteiger partial charge in [0.05, 0.1) is 0 Å². The van der Waals surface area contributed by atoms with Crippen molar-refractivity contribution in [3.05, 3.63) is 0 Å². The first-order valence-electron chi connectivity index (χ1n) is 5.47. The van der Waals surface area contributed by atoms with E-state index in [-0.39, 0.29) is 17.9 Å². The molecule has 1 fully saturated rings. The smallest absolute Gasteiger partial charge is 0.326 e. The minimum Gasteiger partial charge on any atom is -0.480 e. The lowest BCUT2D eigenvalue weighted by molar-refractivity contribution is -0.150. The van der Waals surface area contributed by atoms with Crippen molar-refractivity contribution in [3.63, 3.8) is 0 Å². The quantitative estimate of drug-likeness (QED) is 0.752. The molecular formula is C11H19NO3. The molecule has 1 amide bonds. The highest BCUT2D eigenvalue weighted by molar-refractivity contribution is 5.84. The molecule has 1 aliphatic rings. The summed E-state index contributed by atoms with van der Waals surface area (Å²) in [5, 5.41) is 8.92. The topological polar surface area (TPSA) is 57.6 Å². The molecule has 1 aliphatic carbocycles. The van der Waals surface area contributed by atoms with Gasteiger partial charge in [-0.1, -0.05) is 13.8 Å². The predicted octanol–water partition coefficient (Wildman–Crippen LogP) is 1.50. The molecule has 0 spiro atoms. The molecule has 0 aromatic heterocycles. The Morgan fingerprint density at radius 2 is 1.87 bits per heavy atom. The van der Waals surface area contributed by atoms with Crippen molar-refractivity contribution in [1.29, 1.82) is 0 Å². The lowest BCUT2D eigenvalue weighted by Crippen LogP contribution is -2.45. The van der Waals surface area contributed by atoms with Gasteiger partial charge < -0.3 is 10.0 Å². The van der Waals surface area contributed by atoms with Gasteiger partial charge in [0.1, 0.15) is 6.04 Å². The third-order valence-corrected chi connectivity index (χ3v) is 2.59. The Kier molecular flexibility index (Phi) is 3.72. The van der Waals surface area contributed by atoms with Gasteiger partial charge in [-0.25, -0.2) is 4.79 Å². The highest BCUT2D eigenvalue weighted by atomic mass is 16.4. The van der Waals surface area contributed by atoms with E-state index in [0.29, 0.717) is 6.42 Å². The van der Waals surface area contributed by atoms with Crippen LogP contribution in [0.1, 0.15) is 40.0 Å². The van der Waals surface area contributed by atoms with Gasteiger partial charge in [-0.15, -0.1) is 0 Å². The van der Waals surface area contributed by atoms with Gasteiger partial charge in [0.15, 0.2) is 0 Å². The summed E-state index contributed by atoms with van der Waals surface area (Å²) in [6, 6.07) is -0.522. The number of carbonyl (C=O) groups excluding carboxylic acids is 1. The maximum atomic E-state index is 11.8. The zero-order chi connectivity index (χ0) is 11.6. The molecule has 1 unspecified atom stereocenters. The molecule has 0 bridgehead atoms. The summed E-state index contributed by atoms with van der Waals surface area (Å²) in [5.41, 5.74) is 0. The Morgan fingerprint density at radius 3 is 2.20 bits per heavy atom. The van der Waals surface area contributed by atoms with Crippen LogP contribution in [0.15, 0.2) is 0 Å². The highest BCUT2D eigenvalue weighted by Gasteiger charge is 2.38. The van der Waals surface area contributed by atoms with Crippen molar-refractivity contribution in [2.24, 2.45) is 5.92 Å².